The minimum absolute atomic E-state index is 0.369. The Hall–Kier alpha value is -1.18. The Labute approximate surface area is 116 Å². The van der Waals surface area contributed by atoms with Gasteiger partial charge in [0.1, 0.15) is 5.75 Å². The predicted octanol–water partition coefficient (Wildman–Crippen LogP) is 4.25. The molecule has 1 aliphatic heterocycles. The van der Waals surface area contributed by atoms with Gasteiger partial charge in [-0.3, -0.25) is 0 Å². The van der Waals surface area contributed by atoms with E-state index in [4.69, 9.17) is 4.74 Å². The van der Waals surface area contributed by atoms with Crippen LogP contribution in [0.1, 0.15) is 45.1 Å². The van der Waals surface area contributed by atoms with E-state index in [-0.39, 0.29) is 0 Å². The summed E-state index contributed by atoms with van der Waals surface area (Å²) in [6.07, 6.45) is 6.44. The van der Waals surface area contributed by atoms with Crippen molar-refractivity contribution in [3.63, 3.8) is 0 Å². The van der Waals surface area contributed by atoms with E-state index in [1.165, 1.54) is 36.9 Å². The smallest absolute Gasteiger partial charge is 0.142 e. The summed E-state index contributed by atoms with van der Waals surface area (Å²) < 4.78 is 6.16. The molecule has 1 saturated carbocycles. The highest BCUT2D eigenvalue weighted by molar-refractivity contribution is 5.65. The molecule has 0 atom stereocenters. The highest BCUT2D eigenvalue weighted by Crippen LogP contribution is 2.40. The van der Waals surface area contributed by atoms with Crippen molar-refractivity contribution in [1.82, 2.24) is 0 Å². The van der Waals surface area contributed by atoms with E-state index < -0.39 is 0 Å². The first-order valence-electron chi connectivity index (χ1n) is 7.65. The maximum absolute atomic E-state index is 6.16. The van der Waals surface area contributed by atoms with E-state index in [1.807, 2.05) is 0 Å². The van der Waals surface area contributed by atoms with Crippen LogP contribution in [0.25, 0.3) is 0 Å². The van der Waals surface area contributed by atoms with Crippen LogP contribution in [-0.4, -0.2) is 13.2 Å². The van der Waals surface area contributed by atoms with Gasteiger partial charge in [-0.25, -0.2) is 0 Å². The molecule has 2 aliphatic rings. The van der Waals surface area contributed by atoms with Gasteiger partial charge in [-0.1, -0.05) is 38.8 Å². The Kier molecular flexibility index (Phi) is 3.42. The van der Waals surface area contributed by atoms with Gasteiger partial charge in [-0.15, -0.1) is 0 Å². The number of rotatable bonds is 3. The lowest BCUT2D eigenvalue weighted by Gasteiger charge is -2.36. The molecule has 19 heavy (non-hydrogen) atoms. The summed E-state index contributed by atoms with van der Waals surface area (Å²) in [5.74, 6) is 1.95. The largest absolute Gasteiger partial charge is 0.491 e. The molecule has 2 nitrogen and oxygen atoms in total. The van der Waals surface area contributed by atoms with Crippen LogP contribution in [0, 0.1) is 11.3 Å². The highest BCUT2D eigenvalue weighted by atomic mass is 16.5. The maximum atomic E-state index is 6.16. The first-order valence-corrected chi connectivity index (χ1v) is 7.65. The molecule has 1 aromatic carbocycles. The van der Waals surface area contributed by atoms with Crippen molar-refractivity contribution in [1.29, 1.82) is 0 Å². The van der Waals surface area contributed by atoms with E-state index in [1.54, 1.807) is 0 Å². The van der Waals surface area contributed by atoms with Crippen molar-refractivity contribution < 1.29 is 4.74 Å². The lowest BCUT2D eigenvalue weighted by Crippen LogP contribution is -2.30. The molecule has 0 aromatic heterocycles. The standard InChI is InChI=1S/C17H25NO/c1-13-6-9-17(2,10-7-13)12-19-15-5-3-4-14-8-11-18-16(14)15/h3-5,13,18H,6-12H2,1-2H3. The molecule has 3 rings (SSSR count). The SMILES string of the molecule is CC1CCC(C)(COc2cccc3c2NCC3)CC1. The van der Waals surface area contributed by atoms with Crippen molar-refractivity contribution in [3.05, 3.63) is 23.8 Å². The zero-order valence-electron chi connectivity index (χ0n) is 12.2. The van der Waals surface area contributed by atoms with Gasteiger partial charge in [0.2, 0.25) is 0 Å². The van der Waals surface area contributed by atoms with Gasteiger partial charge in [0.05, 0.1) is 12.3 Å². The van der Waals surface area contributed by atoms with Gasteiger partial charge in [0.25, 0.3) is 0 Å². The van der Waals surface area contributed by atoms with E-state index in [0.29, 0.717) is 5.41 Å². The van der Waals surface area contributed by atoms with Gasteiger partial charge in [-0.2, -0.15) is 0 Å². The summed E-state index contributed by atoms with van der Waals surface area (Å²) >= 11 is 0. The van der Waals surface area contributed by atoms with Crippen LogP contribution < -0.4 is 10.1 Å². The lowest BCUT2D eigenvalue weighted by atomic mass is 9.73. The molecule has 1 heterocycles. The third kappa shape index (κ3) is 2.72. The summed E-state index contributed by atoms with van der Waals surface area (Å²) in [5.41, 5.74) is 3.00. The first kappa shape index (κ1) is 12.8. The molecular formula is C17H25NO. The molecular weight excluding hydrogens is 234 g/mol. The zero-order valence-corrected chi connectivity index (χ0v) is 12.2. The number of fused-ring (bicyclic) bond motifs is 1. The van der Waals surface area contributed by atoms with Crippen molar-refractivity contribution >= 4 is 5.69 Å². The number of hydrogen-bond acceptors (Lipinski definition) is 2. The number of benzene rings is 1. The normalized spacial score (nSPS) is 29.7. The Balaban J connectivity index is 1.65. The number of nitrogens with one attached hydrogen (secondary N) is 1. The van der Waals surface area contributed by atoms with Crippen LogP contribution in [0.3, 0.4) is 0 Å². The third-order valence-corrected chi connectivity index (χ3v) is 4.87. The molecule has 1 aliphatic carbocycles. The lowest BCUT2D eigenvalue weighted by molar-refractivity contribution is 0.0986. The maximum Gasteiger partial charge on any atom is 0.142 e. The second-order valence-electron chi connectivity index (χ2n) is 6.75. The van der Waals surface area contributed by atoms with Crippen LogP contribution >= 0.6 is 0 Å². The predicted molar refractivity (Wildman–Crippen MR) is 79.9 cm³/mol. The summed E-state index contributed by atoms with van der Waals surface area (Å²) in [6.45, 7) is 6.66. The van der Waals surface area contributed by atoms with Gasteiger partial charge < -0.3 is 10.1 Å². The number of para-hydroxylation sites is 1. The quantitative estimate of drug-likeness (QED) is 0.876. The molecule has 1 aromatic rings. The minimum Gasteiger partial charge on any atom is -0.491 e. The number of ether oxygens (including phenoxy) is 1. The summed E-state index contributed by atoms with van der Waals surface area (Å²) in [4.78, 5) is 0. The fraction of sp³-hybridized carbons (Fsp3) is 0.647. The number of anilines is 1. The van der Waals surface area contributed by atoms with Crippen LogP contribution in [0.5, 0.6) is 5.75 Å². The summed E-state index contributed by atoms with van der Waals surface area (Å²) in [6, 6.07) is 6.42. The van der Waals surface area contributed by atoms with Crippen molar-refractivity contribution in [2.75, 3.05) is 18.5 Å². The van der Waals surface area contributed by atoms with E-state index in [9.17, 15) is 0 Å². The Morgan fingerprint density at radius 1 is 1.32 bits per heavy atom. The van der Waals surface area contributed by atoms with Crippen LogP contribution in [-0.2, 0) is 6.42 Å². The second kappa shape index (κ2) is 5.07. The zero-order chi connectivity index (χ0) is 13.3. The molecule has 0 amide bonds. The monoisotopic (exact) mass is 259 g/mol. The average Bonchev–Trinajstić information content (AvgIpc) is 2.89. The van der Waals surface area contributed by atoms with E-state index >= 15 is 0 Å². The molecule has 1 N–H and O–H groups in total. The molecule has 0 bridgehead atoms. The molecule has 0 unspecified atom stereocenters. The molecule has 0 spiro atoms. The topological polar surface area (TPSA) is 21.3 Å². The fourth-order valence-corrected chi connectivity index (χ4v) is 3.28. The minimum atomic E-state index is 0.369. The van der Waals surface area contributed by atoms with Crippen LogP contribution in [0.2, 0.25) is 0 Å². The van der Waals surface area contributed by atoms with E-state index in [0.717, 1.165) is 31.2 Å². The second-order valence-corrected chi connectivity index (χ2v) is 6.75. The van der Waals surface area contributed by atoms with Crippen molar-refractivity contribution in [2.45, 2.75) is 46.0 Å². The fourth-order valence-electron chi connectivity index (χ4n) is 3.28. The first-order chi connectivity index (χ1) is 9.16. The highest BCUT2D eigenvalue weighted by Gasteiger charge is 2.30. The molecule has 0 radical (unpaired) electrons. The van der Waals surface area contributed by atoms with Gasteiger partial charge >= 0.3 is 0 Å². The summed E-state index contributed by atoms with van der Waals surface area (Å²) in [7, 11) is 0. The summed E-state index contributed by atoms with van der Waals surface area (Å²) in [5, 5.41) is 3.45. The number of hydrogen-bond donors (Lipinski definition) is 1. The Morgan fingerprint density at radius 3 is 2.89 bits per heavy atom. The molecule has 2 heteroatoms. The Morgan fingerprint density at radius 2 is 2.11 bits per heavy atom. The third-order valence-electron chi connectivity index (χ3n) is 4.87. The van der Waals surface area contributed by atoms with Crippen molar-refractivity contribution in [3.8, 4) is 5.75 Å². The van der Waals surface area contributed by atoms with E-state index in [2.05, 4.69) is 37.4 Å². The molecule has 0 saturated heterocycles. The van der Waals surface area contributed by atoms with Gasteiger partial charge in [0, 0.05) is 12.0 Å². The van der Waals surface area contributed by atoms with Crippen molar-refractivity contribution in [2.24, 2.45) is 11.3 Å². The van der Waals surface area contributed by atoms with Gasteiger partial charge in [-0.05, 0) is 36.8 Å². The average molecular weight is 259 g/mol. The molecule has 1 fully saturated rings. The van der Waals surface area contributed by atoms with Gasteiger partial charge in [0.15, 0.2) is 0 Å². The van der Waals surface area contributed by atoms with Crippen LogP contribution in [0.4, 0.5) is 5.69 Å². The van der Waals surface area contributed by atoms with Crippen LogP contribution in [0.15, 0.2) is 18.2 Å². The Bertz CT molecular complexity index is 447. The molecule has 104 valence electrons.